The zero-order chi connectivity index (χ0) is 12.9. The Morgan fingerprint density at radius 1 is 1.11 bits per heavy atom. The predicted molar refractivity (Wildman–Crippen MR) is 73.1 cm³/mol. The van der Waals surface area contributed by atoms with Gasteiger partial charge in [-0.05, 0) is 23.8 Å². The molecular formula is C14H9NO2S. The molecule has 2 amide bonds. The molecule has 3 nitrogen and oxygen atoms in total. The van der Waals surface area contributed by atoms with Gasteiger partial charge in [0.05, 0.1) is 11.1 Å². The summed E-state index contributed by atoms with van der Waals surface area (Å²) in [4.78, 5) is 24.4. The maximum absolute atomic E-state index is 11.9. The highest BCUT2D eigenvalue weighted by Crippen LogP contribution is 2.29. The number of rotatable bonds is 1. The van der Waals surface area contributed by atoms with Gasteiger partial charge in [0.15, 0.2) is 0 Å². The summed E-state index contributed by atoms with van der Waals surface area (Å²) in [6, 6.07) is 9.37. The Morgan fingerprint density at radius 3 is 2.50 bits per heavy atom. The van der Waals surface area contributed by atoms with Crippen molar-refractivity contribution in [3.8, 4) is 0 Å². The van der Waals surface area contributed by atoms with Crippen LogP contribution in [0.25, 0.3) is 10.8 Å². The Bertz CT molecular complexity index is 734. The lowest BCUT2D eigenvalue weighted by Gasteiger charge is -2.08. The maximum atomic E-state index is 11.9. The molecule has 4 heteroatoms. The van der Waals surface area contributed by atoms with Crippen LogP contribution < -0.4 is 5.32 Å². The lowest BCUT2D eigenvalue weighted by Crippen LogP contribution is -2.20. The number of imide groups is 1. The molecule has 0 unspecified atom stereocenters. The van der Waals surface area contributed by atoms with Crippen molar-refractivity contribution in [1.29, 1.82) is 0 Å². The Hall–Kier alpha value is -2.07. The average molecular weight is 255 g/mol. The third-order valence-electron chi connectivity index (χ3n) is 3.11. The molecule has 1 aliphatic rings. The molecule has 1 aliphatic heterocycles. The number of benzene rings is 2. The van der Waals surface area contributed by atoms with E-state index >= 15 is 0 Å². The van der Waals surface area contributed by atoms with Crippen molar-refractivity contribution < 1.29 is 9.59 Å². The molecule has 0 bridgehead atoms. The van der Waals surface area contributed by atoms with E-state index in [-0.39, 0.29) is 11.8 Å². The molecule has 0 atom stereocenters. The molecule has 1 heterocycles. The first-order valence-corrected chi connectivity index (χ1v) is 5.93. The van der Waals surface area contributed by atoms with Crippen LogP contribution in [0.15, 0.2) is 30.3 Å². The van der Waals surface area contributed by atoms with Gasteiger partial charge in [0.1, 0.15) is 0 Å². The molecule has 0 aliphatic carbocycles. The average Bonchev–Trinajstić information content (AvgIpc) is 2.64. The largest absolute Gasteiger partial charge is 0.288 e. The zero-order valence-corrected chi connectivity index (χ0v) is 10.4. The molecule has 88 valence electrons. The highest BCUT2D eigenvalue weighted by molar-refractivity contribution is 7.80. The number of nitrogens with one attached hydrogen (secondary N) is 1. The highest BCUT2D eigenvalue weighted by atomic mass is 32.1. The van der Waals surface area contributed by atoms with Crippen LogP contribution in [0.5, 0.6) is 0 Å². The van der Waals surface area contributed by atoms with Crippen LogP contribution in [0, 0.1) is 0 Å². The van der Waals surface area contributed by atoms with Gasteiger partial charge >= 0.3 is 0 Å². The number of carbonyl (C=O) groups is 2. The fourth-order valence-corrected chi connectivity index (χ4v) is 2.49. The third kappa shape index (κ3) is 1.39. The van der Waals surface area contributed by atoms with Crippen LogP contribution >= 0.6 is 12.2 Å². The normalized spacial score (nSPS) is 13.6. The molecule has 0 spiro atoms. The van der Waals surface area contributed by atoms with Crippen molar-refractivity contribution in [3.63, 3.8) is 0 Å². The molecule has 1 N–H and O–H groups in total. The van der Waals surface area contributed by atoms with Crippen LogP contribution in [0.4, 0.5) is 0 Å². The number of amides is 2. The van der Waals surface area contributed by atoms with E-state index in [0.29, 0.717) is 21.6 Å². The molecule has 0 saturated carbocycles. The molecule has 18 heavy (non-hydrogen) atoms. The fraction of sp³-hybridized carbons (Fsp3) is 0.0714. The van der Waals surface area contributed by atoms with Gasteiger partial charge in [0, 0.05) is 10.4 Å². The second-order valence-electron chi connectivity index (χ2n) is 4.23. The van der Waals surface area contributed by atoms with Crippen molar-refractivity contribution in [3.05, 3.63) is 47.0 Å². The van der Waals surface area contributed by atoms with E-state index < -0.39 is 0 Å². The van der Waals surface area contributed by atoms with Crippen LogP contribution in [-0.4, -0.2) is 16.7 Å². The highest BCUT2D eigenvalue weighted by Gasteiger charge is 2.31. The second-order valence-corrected chi connectivity index (χ2v) is 4.85. The quantitative estimate of drug-likeness (QED) is 0.483. The van der Waals surface area contributed by atoms with Gasteiger partial charge in [0.25, 0.3) is 11.8 Å². The van der Waals surface area contributed by atoms with E-state index in [4.69, 9.17) is 12.2 Å². The Balaban J connectivity index is 2.53. The molecular weight excluding hydrogens is 246 g/mol. The summed E-state index contributed by atoms with van der Waals surface area (Å²) in [5, 5.41) is 4.04. The minimum atomic E-state index is -0.361. The molecule has 0 aromatic heterocycles. The van der Waals surface area contributed by atoms with Crippen molar-refractivity contribution in [2.45, 2.75) is 6.92 Å². The summed E-state index contributed by atoms with van der Waals surface area (Å²) in [7, 11) is 0. The third-order valence-corrected chi connectivity index (χ3v) is 3.33. The molecule has 2 aromatic carbocycles. The molecule has 0 fully saturated rings. The lowest BCUT2D eigenvalue weighted by atomic mass is 9.94. The van der Waals surface area contributed by atoms with E-state index in [1.54, 1.807) is 6.92 Å². The van der Waals surface area contributed by atoms with Gasteiger partial charge in [-0.15, -0.1) is 0 Å². The Kier molecular flexibility index (Phi) is 2.28. The van der Waals surface area contributed by atoms with Crippen LogP contribution in [0.3, 0.4) is 0 Å². The predicted octanol–water partition coefficient (Wildman–Crippen LogP) is 2.46. The Labute approximate surface area is 109 Å². The smallest absolute Gasteiger partial charge is 0.259 e. The van der Waals surface area contributed by atoms with E-state index in [1.165, 1.54) is 0 Å². The van der Waals surface area contributed by atoms with Gasteiger partial charge in [-0.3, -0.25) is 14.9 Å². The first kappa shape index (κ1) is 11.0. The minimum Gasteiger partial charge on any atom is -0.288 e. The number of fused-ring (bicyclic) bond motifs is 3. The topological polar surface area (TPSA) is 46.2 Å². The van der Waals surface area contributed by atoms with Crippen molar-refractivity contribution >= 4 is 39.7 Å². The van der Waals surface area contributed by atoms with Crippen LogP contribution in [-0.2, 0) is 0 Å². The van der Waals surface area contributed by atoms with Crippen molar-refractivity contribution in [2.75, 3.05) is 0 Å². The monoisotopic (exact) mass is 255 g/mol. The first-order valence-electron chi connectivity index (χ1n) is 5.52. The summed E-state index contributed by atoms with van der Waals surface area (Å²) in [6.07, 6.45) is 0. The summed E-state index contributed by atoms with van der Waals surface area (Å²) in [5.41, 5.74) is 1.52. The lowest BCUT2D eigenvalue weighted by molar-refractivity contribution is 0.0880. The number of thiocarbonyl (C=S) groups is 1. The summed E-state index contributed by atoms with van der Waals surface area (Å²) < 4.78 is 0. The van der Waals surface area contributed by atoms with E-state index in [1.807, 2.05) is 30.3 Å². The van der Waals surface area contributed by atoms with E-state index in [0.717, 1.165) is 10.8 Å². The van der Waals surface area contributed by atoms with Crippen LogP contribution in [0.2, 0.25) is 0 Å². The Morgan fingerprint density at radius 2 is 1.78 bits per heavy atom. The van der Waals surface area contributed by atoms with E-state index in [2.05, 4.69) is 5.32 Å². The van der Waals surface area contributed by atoms with Gasteiger partial charge in [-0.2, -0.15) is 0 Å². The standard InChI is InChI=1S/C14H9NO2S/c1-7(18)10-6-8-4-2-3-5-9(8)11-12(10)14(17)15-13(11)16/h2-6H,1H3,(H,15,16,17). The molecule has 0 saturated heterocycles. The maximum Gasteiger partial charge on any atom is 0.259 e. The second kappa shape index (κ2) is 3.71. The first-order chi connectivity index (χ1) is 8.59. The molecule has 2 aromatic rings. The summed E-state index contributed by atoms with van der Waals surface area (Å²) >= 11 is 5.17. The number of hydrogen-bond acceptors (Lipinski definition) is 3. The number of carbonyl (C=O) groups excluding carboxylic acids is 2. The summed E-state index contributed by atoms with van der Waals surface area (Å²) in [5.74, 6) is -0.704. The van der Waals surface area contributed by atoms with Gasteiger partial charge in [-0.25, -0.2) is 0 Å². The van der Waals surface area contributed by atoms with Gasteiger partial charge in [0.2, 0.25) is 0 Å². The SMILES string of the molecule is CC(=S)c1cc2ccccc2c2c1C(=O)NC2=O. The fourth-order valence-electron chi connectivity index (χ4n) is 2.33. The number of hydrogen-bond donors (Lipinski definition) is 1. The van der Waals surface area contributed by atoms with Gasteiger partial charge in [-0.1, -0.05) is 36.5 Å². The van der Waals surface area contributed by atoms with E-state index in [9.17, 15) is 9.59 Å². The van der Waals surface area contributed by atoms with Crippen molar-refractivity contribution in [2.24, 2.45) is 0 Å². The molecule has 0 radical (unpaired) electrons. The van der Waals surface area contributed by atoms with Crippen LogP contribution in [0.1, 0.15) is 33.2 Å². The summed E-state index contributed by atoms with van der Waals surface area (Å²) in [6.45, 7) is 1.76. The van der Waals surface area contributed by atoms with Gasteiger partial charge < -0.3 is 0 Å². The molecule has 3 rings (SSSR count). The van der Waals surface area contributed by atoms with Crippen molar-refractivity contribution in [1.82, 2.24) is 5.32 Å². The zero-order valence-electron chi connectivity index (χ0n) is 9.61. The minimum absolute atomic E-state index is 0.343.